The summed E-state index contributed by atoms with van der Waals surface area (Å²) < 4.78 is 12.8. The van der Waals surface area contributed by atoms with Crippen molar-refractivity contribution in [1.82, 2.24) is 10.6 Å². The van der Waals surface area contributed by atoms with E-state index < -0.39 is 17.6 Å². The van der Waals surface area contributed by atoms with Gasteiger partial charge in [0.15, 0.2) is 0 Å². The van der Waals surface area contributed by atoms with Crippen LogP contribution in [0, 0.1) is 5.82 Å². The fourth-order valence-electron chi connectivity index (χ4n) is 2.19. The van der Waals surface area contributed by atoms with E-state index in [1.165, 1.54) is 24.3 Å². The summed E-state index contributed by atoms with van der Waals surface area (Å²) in [5.74, 6) is -1.53. The largest absolute Gasteiger partial charge is 0.347 e. The van der Waals surface area contributed by atoms with Gasteiger partial charge in [-0.25, -0.2) is 4.39 Å². The van der Waals surface area contributed by atoms with Crippen molar-refractivity contribution in [2.24, 2.45) is 0 Å². The molecule has 7 heteroatoms. The SMILES string of the molecule is CC(C)(C)NC(=O)c1ccc(NC(=O)CNC(=O)c2ccc(F)cc2)cc1. The first kappa shape index (κ1) is 20.1. The number of anilines is 1. The Morgan fingerprint density at radius 3 is 1.93 bits per heavy atom. The summed E-state index contributed by atoms with van der Waals surface area (Å²) in [6.45, 7) is 5.43. The Labute approximate surface area is 157 Å². The molecule has 0 bridgehead atoms. The lowest BCUT2D eigenvalue weighted by Gasteiger charge is -2.20. The van der Waals surface area contributed by atoms with E-state index in [9.17, 15) is 18.8 Å². The fraction of sp³-hybridized carbons (Fsp3) is 0.250. The summed E-state index contributed by atoms with van der Waals surface area (Å²) in [7, 11) is 0. The molecule has 0 aliphatic rings. The van der Waals surface area contributed by atoms with Crippen LogP contribution < -0.4 is 16.0 Å². The lowest BCUT2D eigenvalue weighted by molar-refractivity contribution is -0.115. The zero-order valence-corrected chi connectivity index (χ0v) is 15.4. The summed E-state index contributed by atoms with van der Waals surface area (Å²) in [5, 5.41) is 7.93. The normalized spacial score (nSPS) is 10.8. The van der Waals surface area contributed by atoms with E-state index in [4.69, 9.17) is 0 Å². The van der Waals surface area contributed by atoms with Crippen LogP contribution in [0.5, 0.6) is 0 Å². The number of hydrogen-bond acceptors (Lipinski definition) is 3. The molecular weight excluding hydrogens is 349 g/mol. The van der Waals surface area contributed by atoms with E-state index in [1.807, 2.05) is 20.8 Å². The maximum absolute atomic E-state index is 12.8. The third-order valence-corrected chi connectivity index (χ3v) is 3.44. The first-order chi connectivity index (χ1) is 12.6. The molecule has 0 spiro atoms. The molecule has 0 unspecified atom stereocenters. The molecule has 0 aliphatic carbocycles. The van der Waals surface area contributed by atoms with Gasteiger partial charge in [-0.15, -0.1) is 0 Å². The van der Waals surface area contributed by atoms with Crippen molar-refractivity contribution in [3.63, 3.8) is 0 Å². The van der Waals surface area contributed by atoms with Crippen LogP contribution in [0.1, 0.15) is 41.5 Å². The zero-order valence-electron chi connectivity index (χ0n) is 15.4. The minimum atomic E-state index is -0.473. The van der Waals surface area contributed by atoms with Gasteiger partial charge in [-0.1, -0.05) is 0 Å². The van der Waals surface area contributed by atoms with Gasteiger partial charge in [0.25, 0.3) is 11.8 Å². The van der Waals surface area contributed by atoms with Gasteiger partial charge in [0.2, 0.25) is 5.91 Å². The molecule has 0 aromatic heterocycles. The van der Waals surface area contributed by atoms with Gasteiger partial charge < -0.3 is 16.0 Å². The molecule has 3 amide bonds. The summed E-state index contributed by atoms with van der Waals surface area (Å²) in [6, 6.07) is 11.4. The number of benzene rings is 2. The van der Waals surface area contributed by atoms with Gasteiger partial charge in [-0.3, -0.25) is 14.4 Å². The fourth-order valence-corrected chi connectivity index (χ4v) is 2.19. The Morgan fingerprint density at radius 2 is 1.37 bits per heavy atom. The van der Waals surface area contributed by atoms with Crippen molar-refractivity contribution < 1.29 is 18.8 Å². The predicted molar refractivity (Wildman–Crippen MR) is 101 cm³/mol. The van der Waals surface area contributed by atoms with Crippen molar-refractivity contribution in [2.45, 2.75) is 26.3 Å². The molecule has 0 aliphatic heterocycles. The van der Waals surface area contributed by atoms with Gasteiger partial charge in [0.05, 0.1) is 6.54 Å². The molecule has 2 aromatic carbocycles. The number of nitrogens with one attached hydrogen (secondary N) is 3. The topological polar surface area (TPSA) is 87.3 Å². The van der Waals surface area contributed by atoms with E-state index in [0.717, 1.165) is 0 Å². The molecule has 2 aromatic rings. The van der Waals surface area contributed by atoms with Crippen LogP contribution in [-0.4, -0.2) is 29.8 Å². The van der Waals surface area contributed by atoms with E-state index in [1.54, 1.807) is 24.3 Å². The highest BCUT2D eigenvalue weighted by Crippen LogP contribution is 2.11. The summed E-state index contributed by atoms with van der Waals surface area (Å²) >= 11 is 0. The van der Waals surface area contributed by atoms with Crippen LogP contribution in [0.15, 0.2) is 48.5 Å². The lowest BCUT2D eigenvalue weighted by Crippen LogP contribution is -2.40. The Bertz CT molecular complexity index is 825. The van der Waals surface area contributed by atoms with Crippen LogP contribution >= 0.6 is 0 Å². The molecule has 0 heterocycles. The molecule has 0 fully saturated rings. The second kappa shape index (κ2) is 8.44. The summed E-state index contributed by atoms with van der Waals surface area (Å²) in [5.41, 5.74) is 0.904. The van der Waals surface area contributed by atoms with Gasteiger partial charge in [-0.05, 0) is 69.3 Å². The van der Waals surface area contributed by atoms with Crippen molar-refractivity contribution in [3.8, 4) is 0 Å². The van der Waals surface area contributed by atoms with E-state index in [0.29, 0.717) is 11.3 Å². The molecule has 2 rings (SSSR count). The molecule has 0 atom stereocenters. The second-order valence-corrected chi connectivity index (χ2v) is 7.02. The molecule has 6 nitrogen and oxygen atoms in total. The van der Waals surface area contributed by atoms with Crippen molar-refractivity contribution >= 4 is 23.4 Å². The first-order valence-electron chi connectivity index (χ1n) is 8.40. The van der Waals surface area contributed by atoms with E-state index in [2.05, 4.69) is 16.0 Å². The Hall–Kier alpha value is -3.22. The van der Waals surface area contributed by atoms with Crippen LogP contribution in [0.2, 0.25) is 0 Å². The molecule has 0 saturated heterocycles. The average Bonchev–Trinajstić information content (AvgIpc) is 2.59. The van der Waals surface area contributed by atoms with Crippen LogP contribution in [-0.2, 0) is 4.79 Å². The highest BCUT2D eigenvalue weighted by atomic mass is 19.1. The van der Waals surface area contributed by atoms with Crippen molar-refractivity contribution in [2.75, 3.05) is 11.9 Å². The van der Waals surface area contributed by atoms with Gasteiger partial charge >= 0.3 is 0 Å². The molecule has 0 radical (unpaired) electrons. The standard InChI is InChI=1S/C20H22FN3O3/c1-20(2,3)24-19(27)14-6-10-16(11-7-14)23-17(25)12-22-18(26)13-4-8-15(21)9-5-13/h4-11H,12H2,1-3H3,(H,22,26)(H,23,25)(H,24,27). The minimum Gasteiger partial charge on any atom is -0.347 e. The average molecular weight is 371 g/mol. The van der Waals surface area contributed by atoms with E-state index in [-0.39, 0.29) is 23.6 Å². The number of hydrogen-bond donors (Lipinski definition) is 3. The maximum atomic E-state index is 12.8. The lowest BCUT2D eigenvalue weighted by atomic mass is 10.1. The molecule has 142 valence electrons. The van der Waals surface area contributed by atoms with Crippen LogP contribution in [0.4, 0.5) is 10.1 Å². The Morgan fingerprint density at radius 1 is 0.852 bits per heavy atom. The maximum Gasteiger partial charge on any atom is 0.251 e. The molecule has 3 N–H and O–H groups in total. The van der Waals surface area contributed by atoms with Gasteiger partial charge in [0.1, 0.15) is 5.82 Å². The first-order valence-corrected chi connectivity index (χ1v) is 8.40. The number of amides is 3. The monoisotopic (exact) mass is 371 g/mol. The van der Waals surface area contributed by atoms with Crippen LogP contribution in [0.3, 0.4) is 0 Å². The van der Waals surface area contributed by atoms with Crippen molar-refractivity contribution in [3.05, 3.63) is 65.5 Å². The van der Waals surface area contributed by atoms with Crippen LogP contribution in [0.25, 0.3) is 0 Å². The second-order valence-electron chi connectivity index (χ2n) is 7.02. The molecule has 27 heavy (non-hydrogen) atoms. The zero-order chi connectivity index (χ0) is 20.0. The highest BCUT2D eigenvalue weighted by Gasteiger charge is 2.15. The number of carbonyl (C=O) groups excluding carboxylic acids is 3. The Kier molecular flexibility index (Phi) is 6.28. The third-order valence-electron chi connectivity index (χ3n) is 3.44. The quantitative estimate of drug-likeness (QED) is 0.755. The number of rotatable bonds is 5. The van der Waals surface area contributed by atoms with E-state index >= 15 is 0 Å². The van der Waals surface area contributed by atoms with Gasteiger partial charge in [0, 0.05) is 22.4 Å². The smallest absolute Gasteiger partial charge is 0.251 e. The van der Waals surface area contributed by atoms with Crippen molar-refractivity contribution in [1.29, 1.82) is 0 Å². The number of halogens is 1. The third kappa shape index (κ3) is 6.54. The Balaban J connectivity index is 1.86. The summed E-state index contributed by atoms with van der Waals surface area (Å²) in [4.78, 5) is 35.9. The minimum absolute atomic E-state index is 0.202. The summed E-state index contributed by atoms with van der Waals surface area (Å²) in [6.07, 6.45) is 0. The number of carbonyl (C=O) groups is 3. The molecular formula is C20H22FN3O3. The predicted octanol–water partition coefficient (Wildman–Crippen LogP) is 2.72. The highest BCUT2D eigenvalue weighted by molar-refractivity contribution is 6.00. The molecule has 0 saturated carbocycles. The van der Waals surface area contributed by atoms with Gasteiger partial charge in [-0.2, -0.15) is 0 Å².